The van der Waals surface area contributed by atoms with E-state index in [4.69, 9.17) is 0 Å². The van der Waals surface area contributed by atoms with E-state index in [1.165, 1.54) is 10.1 Å². The van der Waals surface area contributed by atoms with Crippen molar-refractivity contribution in [1.29, 1.82) is 0 Å². The minimum atomic E-state index is -4.42. The molecule has 1 aliphatic carbocycles. The first-order valence-corrected chi connectivity index (χ1v) is 11.8. The number of rotatable bonds is 5. The highest BCUT2D eigenvalue weighted by molar-refractivity contribution is 7.80. The number of halogens is 3. The van der Waals surface area contributed by atoms with Crippen molar-refractivity contribution in [1.82, 2.24) is 14.6 Å². The summed E-state index contributed by atoms with van der Waals surface area (Å²) in [5, 5.41) is 3.74. The van der Waals surface area contributed by atoms with Gasteiger partial charge in [-0.2, -0.15) is 17.5 Å². The summed E-state index contributed by atoms with van der Waals surface area (Å²) >= 11 is 6.01. The molecule has 2 heterocycles. The number of nitrogens with one attached hydrogen (secondary N) is 1. The number of aromatic nitrogens is 1. The molecule has 4 nitrogen and oxygen atoms in total. The molecule has 2 aromatic rings. The molecule has 0 amide bonds. The number of alkyl halides is 3. The molecule has 1 aliphatic heterocycles. The van der Waals surface area contributed by atoms with Gasteiger partial charge in [-0.3, -0.25) is 4.90 Å². The fourth-order valence-corrected chi connectivity index (χ4v) is 5.47. The summed E-state index contributed by atoms with van der Waals surface area (Å²) in [5.74, 6) is 1.71. The lowest BCUT2D eigenvalue weighted by atomic mass is 9.84. The maximum absolute atomic E-state index is 12.6. The van der Waals surface area contributed by atoms with Gasteiger partial charge in [0.2, 0.25) is 0 Å². The molecule has 1 aromatic carbocycles. The fourth-order valence-electron chi connectivity index (χ4n) is 4.51. The number of anilines is 1. The first-order chi connectivity index (χ1) is 14.4. The van der Waals surface area contributed by atoms with E-state index in [0.29, 0.717) is 5.92 Å². The number of nitrogens with zero attached hydrogens (tertiary/aromatic N) is 3. The maximum atomic E-state index is 12.6. The largest absolute Gasteiger partial charge is 0.441 e. The molecule has 164 valence electrons. The van der Waals surface area contributed by atoms with Gasteiger partial charge in [0.15, 0.2) is 4.99 Å². The lowest BCUT2D eigenvalue weighted by Gasteiger charge is -2.36. The van der Waals surface area contributed by atoms with Crippen LogP contribution < -0.4 is 10.2 Å². The van der Waals surface area contributed by atoms with Gasteiger partial charge in [0.05, 0.1) is 4.70 Å². The average molecular weight is 457 g/mol. The summed E-state index contributed by atoms with van der Waals surface area (Å²) in [6.45, 7) is 5.10. The zero-order valence-corrected chi connectivity index (χ0v) is 18.5. The van der Waals surface area contributed by atoms with Crippen LogP contribution in [0.15, 0.2) is 24.3 Å². The van der Waals surface area contributed by atoms with Crippen LogP contribution in [0, 0.1) is 5.92 Å². The highest BCUT2D eigenvalue weighted by atomic mass is 32.1. The Kier molecular flexibility index (Phi) is 6.79. The number of fused-ring (bicyclic) bond motifs is 1. The number of piperazine rings is 1. The summed E-state index contributed by atoms with van der Waals surface area (Å²) in [6, 6.07) is 8.25. The Morgan fingerprint density at radius 1 is 1.10 bits per heavy atom. The number of benzene rings is 1. The monoisotopic (exact) mass is 456 g/mol. The molecule has 2 aliphatic rings. The third-order valence-electron chi connectivity index (χ3n) is 6.32. The number of hydrogen-bond donors (Lipinski definition) is 1. The predicted octanol–water partition coefficient (Wildman–Crippen LogP) is 4.85. The SMILES string of the molecule is FC(F)(F)C(=S)NC1CCC(CCN2CCN(c3nsc4ccccc34)CC2)CC1. The van der Waals surface area contributed by atoms with Crippen molar-refractivity contribution in [3.63, 3.8) is 0 Å². The van der Waals surface area contributed by atoms with E-state index < -0.39 is 11.2 Å². The van der Waals surface area contributed by atoms with Crippen molar-refractivity contribution < 1.29 is 13.2 Å². The van der Waals surface area contributed by atoms with Crippen molar-refractivity contribution in [2.45, 2.75) is 44.3 Å². The van der Waals surface area contributed by atoms with Gasteiger partial charge in [0.25, 0.3) is 0 Å². The smallest absolute Gasteiger partial charge is 0.369 e. The Bertz CT molecular complexity index is 853. The molecule has 9 heteroatoms. The van der Waals surface area contributed by atoms with Crippen molar-refractivity contribution in [2.75, 3.05) is 37.6 Å². The molecular weight excluding hydrogens is 429 g/mol. The molecule has 2 fully saturated rings. The van der Waals surface area contributed by atoms with Gasteiger partial charge in [-0.1, -0.05) is 24.4 Å². The van der Waals surface area contributed by atoms with Crippen molar-refractivity contribution in [3.8, 4) is 0 Å². The third kappa shape index (κ3) is 5.23. The zero-order valence-electron chi connectivity index (χ0n) is 16.8. The average Bonchev–Trinajstić information content (AvgIpc) is 3.17. The molecular formula is C21H27F3N4S2. The van der Waals surface area contributed by atoms with E-state index in [9.17, 15) is 13.2 Å². The van der Waals surface area contributed by atoms with E-state index in [2.05, 4.69) is 56.0 Å². The normalized spacial score (nSPS) is 23.6. The fraction of sp³-hybridized carbons (Fsp3) is 0.619. The number of thiocarbonyl (C=S) groups is 1. The molecule has 0 spiro atoms. The molecule has 1 aromatic heterocycles. The van der Waals surface area contributed by atoms with E-state index in [1.54, 1.807) is 11.5 Å². The zero-order chi connectivity index (χ0) is 21.1. The van der Waals surface area contributed by atoms with Crippen LogP contribution >= 0.6 is 23.8 Å². The van der Waals surface area contributed by atoms with Crippen LogP contribution in [-0.2, 0) is 0 Å². The van der Waals surface area contributed by atoms with Gasteiger partial charge in [0, 0.05) is 37.6 Å². The molecule has 1 N–H and O–H groups in total. The van der Waals surface area contributed by atoms with Crippen LogP contribution in [0.4, 0.5) is 19.0 Å². The third-order valence-corrected chi connectivity index (χ3v) is 7.49. The maximum Gasteiger partial charge on any atom is 0.441 e. The van der Waals surface area contributed by atoms with Crippen LogP contribution in [0.5, 0.6) is 0 Å². The van der Waals surface area contributed by atoms with Crippen molar-refractivity contribution in [3.05, 3.63) is 24.3 Å². The van der Waals surface area contributed by atoms with Gasteiger partial charge in [0.1, 0.15) is 5.82 Å². The molecule has 1 saturated heterocycles. The second-order valence-corrected chi connectivity index (χ2v) is 9.52. The second-order valence-electron chi connectivity index (χ2n) is 8.31. The Balaban J connectivity index is 1.17. The number of hydrogen-bond acceptors (Lipinski definition) is 5. The first-order valence-electron chi connectivity index (χ1n) is 10.6. The summed E-state index contributed by atoms with van der Waals surface area (Å²) in [5.41, 5.74) is 0. The van der Waals surface area contributed by atoms with Gasteiger partial charge < -0.3 is 10.2 Å². The topological polar surface area (TPSA) is 31.4 Å². The van der Waals surface area contributed by atoms with Gasteiger partial charge in [-0.15, -0.1) is 0 Å². The minimum absolute atomic E-state index is 0.133. The Labute approximate surface area is 184 Å². The molecule has 0 atom stereocenters. The van der Waals surface area contributed by atoms with Crippen LogP contribution in [-0.4, -0.2) is 59.2 Å². The minimum Gasteiger partial charge on any atom is -0.369 e. The molecule has 0 unspecified atom stereocenters. The van der Waals surface area contributed by atoms with E-state index in [0.717, 1.165) is 70.6 Å². The van der Waals surface area contributed by atoms with Crippen molar-refractivity contribution >= 4 is 44.6 Å². The highest BCUT2D eigenvalue weighted by Gasteiger charge is 2.36. The Morgan fingerprint density at radius 3 is 2.50 bits per heavy atom. The standard InChI is InChI=1S/C21H27F3N4S2/c22-21(23,24)20(29)25-16-7-5-15(6-8-16)9-10-27-11-13-28(14-12-27)19-17-3-1-2-4-18(17)30-26-19/h1-4,15-16H,5-14H2,(H,25,29). The molecule has 0 radical (unpaired) electrons. The first kappa shape index (κ1) is 21.8. The summed E-state index contributed by atoms with van der Waals surface area (Å²) < 4.78 is 43.7. The lowest BCUT2D eigenvalue weighted by Crippen LogP contribution is -2.47. The van der Waals surface area contributed by atoms with Crippen LogP contribution in [0.1, 0.15) is 32.1 Å². The molecule has 4 rings (SSSR count). The lowest BCUT2D eigenvalue weighted by molar-refractivity contribution is -0.0599. The van der Waals surface area contributed by atoms with E-state index in [1.807, 2.05) is 0 Å². The molecule has 1 saturated carbocycles. The van der Waals surface area contributed by atoms with Crippen LogP contribution in [0.3, 0.4) is 0 Å². The summed E-state index contributed by atoms with van der Waals surface area (Å²) in [6.07, 6.45) is 0.193. The van der Waals surface area contributed by atoms with Crippen LogP contribution in [0.2, 0.25) is 0 Å². The molecule has 0 bridgehead atoms. The van der Waals surface area contributed by atoms with E-state index in [-0.39, 0.29) is 6.04 Å². The quantitative estimate of drug-likeness (QED) is 0.651. The van der Waals surface area contributed by atoms with Gasteiger partial charge >= 0.3 is 6.18 Å². The molecule has 30 heavy (non-hydrogen) atoms. The van der Waals surface area contributed by atoms with Gasteiger partial charge in [-0.25, -0.2) is 0 Å². The van der Waals surface area contributed by atoms with Gasteiger partial charge in [-0.05, 0) is 68.2 Å². The second kappa shape index (κ2) is 9.36. The predicted molar refractivity (Wildman–Crippen MR) is 120 cm³/mol. The summed E-state index contributed by atoms with van der Waals surface area (Å²) in [4.78, 5) is 3.92. The van der Waals surface area contributed by atoms with Crippen molar-refractivity contribution in [2.24, 2.45) is 5.92 Å². The summed E-state index contributed by atoms with van der Waals surface area (Å²) in [7, 11) is 0. The Hall–Kier alpha value is -1.45. The van der Waals surface area contributed by atoms with Crippen LogP contribution in [0.25, 0.3) is 10.1 Å². The van der Waals surface area contributed by atoms with E-state index >= 15 is 0 Å². The highest BCUT2D eigenvalue weighted by Crippen LogP contribution is 2.31. The Morgan fingerprint density at radius 2 is 1.80 bits per heavy atom.